The zero-order chi connectivity index (χ0) is 12.8. The summed E-state index contributed by atoms with van der Waals surface area (Å²) in [6.07, 6.45) is -0.428. The van der Waals surface area contributed by atoms with E-state index < -0.39 is 6.10 Å². The Kier molecular flexibility index (Phi) is 4.97. The molecule has 0 heterocycles. The molecule has 17 heavy (non-hydrogen) atoms. The molecular weight excluding hydrogens is 218 g/mol. The van der Waals surface area contributed by atoms with Crippen molar-refractivity contribution in [1.29, 1.82) is 0 Å². The van der Waals surface area contributed by atoms with E-state index in [1.54, 1.807) is 37.1 Å². The molecule has 1 aromatic carbocycles. The summed E-state index contributed by atoms with van der Waals surface area (Å²) in [6.45, 7) is 4.58. The monoisotopic (exact) mass is 237 g/mol. The van der Waals surface area contributed by atoms with E-state index in [2.05, 4.69) is 0 Å². The molecule has 0 aliphatic carbocycles. The van der Waals surface area contributed by atoms with Crippen molar-refractivity contribution in [1.82, 2.24) is 4.90 Å². The van der Waals surface area contributed by atoms with Gasteiger partial charge in [0.05, 0.1) is 0 Å². The summed E-state index contributed by atoms with van der Waals surface area (Å²) in [4.78, 5) is 13.5. The van der Waals surface area contributed by atoms with Crippen molar-refractivity contribution in [3.05, 3.63) is 29.8 Å². The predicted octanol–water partition coefficient (Wildman–Crippen LogP) is 1.78. The number of hydrogen-bond donors (Lipinski definition) is 1. The van der Waals surface area contributed by atoms with Crippen molar-refractivity contribution in [2.75, 3.05) is 13.7 Å². The summed E-state index contributed by atoms with van der Waals surface area (Å²) >= 11 is 0. The molecule has 4 nitrogen and oxygen atoms in total. The summed E-state index contributed by atoms with van der Waals surface area (Å²) < 4.78 is 5.25. The molecule has 0 aliphatic rings. The molecule has 0 aromatic heterocycles. The molecule has 94 valence electrons. The van der Waals surface area contributed by atoms with Crippen molar-refractivity contribution < 1.29 is 14.6 Å². The Morgan fingerprint density at radius 3 is 2.82 bits per heavy atom. The number of carbonyl (C=O) groups is 1. The highest BCUT2D eigenvalue weighted by molar-refractivity contribution is 5.80. The molecule has 0 saturated carbocycles. The summed E-state index contributed by atoms with van der Waals surface area (Å²) in [5.74, 6) is 0.149. The SMILES string of the molecule is CCOC(C)C(=O)N(C)Cc1cccc(O)c1. The summed E-state index contributed by atoms with van der Waals surface area (Å²) in [6, 6.07) is 6.88. The summed E-state index contributed by atoms with van der Waals surface area (Å²) in [7, 11) is 1.72. The number of aromatic hydroxyl groups is 1. The number of ether oxygens (including phenoxy) is 1. The van der Waals surface area contributed by atoms with Crippen molar-refractivity contribution in [2.24, 2.45) is 0 Å². The number of carbonyl (C=O) groups excluding carboxylic acids is 1. The largest absolute Gasteiger partial charge is 0.508 e. The molecule has 0 aliphatic heterocycles. The zero-order valence-corrected chi connectivity index (χ0v) is 10.5. The minimum absolute atomic E-state index is 0.0600. The lowest BCUT2D eigenvalue weighted by Crippen LogP contribution is -2.35. The molecule has 0 spiro atoms. The molecule has 1 unspecified atom stereocenters. The second kappa shape index (κ2) is 6.25. The van der Waals surface area contributed by atoms with Crippen LogP contribution in [0.1, 0.15) is 19.4 Å². The van der Waals surface area contributed by atoms with Gasteiger partial charge in [0.2, 0.25) is 0 Å². The van der Waals surface area contributed by atoms with Crippen LogP contribution in [0.25, 0.3) is 0 Å². The van der Waals surface area contributed by atoms with E-state index >= 15 is 0 Å². The van der Waals surface area contributed by atoms with Crippen LogP contribution in [0.15, 0.2) is 24.3 Å². The minimum atomic E-state index is -0.428. The number of phenolic OH excluding ortho intramolecular Hbond substituents is 1. The van der Waals surface area contributed by atoms with Crippen LogP contribution in [0.3, 0.4) is 0 Å². The average molecular weight is 237 g/mol. The smallest absolute Gasteiger partial charge is 0.251 e. The fourth-order valence-electron chi connectivity index (χ4n) is 1.64. The topological polar surface area (TPSA) is 49.8 Å². The highest BCUT2D eigenvalue weighted by atomic mass is 16.5. The molecule has 0 saturated heterocycles. The Morgan fingerprint density at radius 1 is 1.53 bits per heavy atom. The lowest BCUT2D eigenvalue weighted by atomic mass is 10.2. The number of hydrogen-bond acceptors (Lipinski definition) is 3. The van der Waals surface area contributed by atoms with Crippen LogP contribution >= 0.6 is 0 Å². The normalized spacial score (nSPS) is 12.2. The number of benzene rings is 1. The van der Waals surface area contributed by atoms with Gasteiger partial charge in [-0.3, -0.25) is 4.79 Å². The number of rotatable bonds is 5. The molecule has 1 rings (SSSR count). The average Bonchev–Trinajstić information content (AvgIpc) is 2.28. The Labute approximate surface area is 102 Å². The van der Waals surface area contributed by atoms with E-state index in [0.29, 0.717) is 13.2 Å². The third kappa shape index (κ3) is 4.07. The highest BCUT2D eigenvalue weighted by Crippen LogP contribution is 2.13. The molecule has 1 atom stereocenters. The van der Waals surface area contributed by atoms with Crippen LogP contribution in [-0.4, -0.2) is 35.7 Å². The number of nitrogens with zero attached hydrogens (tertiary/aromatic N) is 1. The van der Waals surface area contributed by atoms with Gasteiger partial charge in [0.25, 0.3) is 5.91 Å². The number of likely N-dealkylation sites (N-methyl/N-ethyl adjacent to an activating group) is 1. The van der Waals surface area contributed by atoms with Gasteiger partial charge in [-0.25, -0.2) is 0 Å². The van der Waals surface area contributed by atoms with Crippen LogP contribution in [0.5, 0.6) is 5.75 Å². The summed E-state index contributed by atoms with van der Waals surface area (Å²) in [5.41, 5.74) is 0.893. The fourth-order valence-corrected chi connectivity index (χ4v) is 1.64. The Bertz CT molecular complexity index is 379. The maximum Gasteiger partial charge on any atom is 0.251 e. The van der Waals surface area contributed by atoms with Gasteiger partial charge in [-0.15, -0.1) is 0 Å². The van der Waals surface area contributed by atoms with Crippen LogP contribution in [0, 0.1) is 0 Å². The number of amides is 1. The van der Waals surface area contributed by atoms with Crippen LogP contribution in [-0.2, 0) is 16.1 Å². The molecule has 1 N–H and O–H groups in total. The van der Waals surface area contributed by atoms with Gasteiger partial charge >= 0.3 is 0 Å². The summed E-state index contributed by atoms with van der Waals surface area (Å²) in [5, 5.41) is 9.33. The van der Waals surface area contributed by atoms with E-state index in [0.717, 1.165) is 5.56 Å². The third-order valence-corrected chi connectivity index (χ3v) is 2.47. The standard InChI is InChI=1S/C13H19NO3/c1-4-17-10(2)13(16)14(3)9-11-6-5-7-12(15)8-11/h5-8,10,15H,4,9H2,1-3H3. The second-order valence-electron chi connectivity index (χ2n) is 3.96. The lowest BCUT2D eigenvalue weighted by Gasteiger charge is -2.21. The first-order valence-corrected chi connectivity index (χ1v) is 5.69. The van der Waals surface area contributed by atoms with Gasteiger partial charge in [-0.05, 0) is 31.5 Å². The van der Waals surface area contributed by atoms with E-state index in [9.17, 15) is 9.90 Å². The fraction of sp³-hybridized carbons (Fsp3) is 0.462. The second-order valence-corrected chi connectivity index (χ2v) is 3.96. The molecule has 0 bridgehead atoms. The van der Waals surface area contributed by atoms with Gasteiger partial charge in [0.1, 0.15) is 11.9 Å². The van der Waals surface area contributed by atoms with Gasteiger partial charge in [0, 0.05) is 20.2 Å². The van der Waals surface area contributed by atoms with Crippen molar-refractivity contribution in [3.63, 3.8) is 0 Å². The number of phenols is 1. The Hall–Kier alpha value is -1.55. The Balaban J connectivity index is 2.59. The molecule has 0 fully saturated rings. The first-order valence-electron chi connectivity index (χ1n) is 5.69. The maximum atomic E-state index is 11.9. The zero-order valence-electron chi connectivity index (χ0n) is 10.5. The quantitative estimate of drug-likeness (QED) is 0.849. The first kappa shape index (κ1) is 13.5. The van der Waals surface area contributed by atoms with Crippen LogP contribution < -0.4 is 0 Å². The third-order valence-electron chi connectivity index (χ3n) is 2.47. The maximum absolute atomic E-state index is 11.9. The minimum Gasteiger partial charge on any atom is -0.508 e. The molecule has 1 amide bonds. The first-order chi connectivity index (χ1) is 8.04. The van der Waals surface area contributed by atoms with E-state index in [-0.39, 0.29) is 11.7 Å². The van der Waals surface area contributed by atoms with Crippen LogP contribution in [0.4, 0.5) is 0 Å². The van der Waals surface area contributed by atoms with E-state index in [1.807, 2.05) is 13.0 Å². The van der Waals surface area contributed by atoms with Crippen LogP contribution in [0.2, 0.25) is 0 Å². The molecule has 4 heteroatoms. The highest BCUT2D eigenvalue weighted by Gasteiger charge is 2.17. The lowest BCUT2D eigenvalue weighted by molar-refractivity contribution is -0.141. The molecule has 1 aromatic rings. The predicted molar refractivity (Wildman–Crippen MR) is 65.7 cm³/mol. The molecule has 0 radical (unpaired) electrons. The molecular formula is C13H19NO3. The van der Waals surface area contributed by atoms with Gasteiger partial charge in [-0.1, -0.05) is 12.1 Å². The van der Waals surface area contributed by atoms with Gasteiger partial charge < -0.3 is 14.7 Å². The van der Waals surface area contributed by atoms with Crippen molar-refractivity contribution in [2.45, 2.75) is 26.5 Å². The van der Waals surface area contributed by atoms with Crippen molar-refractivity contribution >= 4 is 5.91 Å². The van der Waals surface area contributed by atoms with E-state index in [1.165, 1.54) is 0 Å². The van der Waals surface area contributed by atoms with Gasteiger partial charge in [-0.2, -0.15) is 0 Å². The Morgan fingerprint density at radius 2 is 2.24 bits per heavy atom. The van der Waals surface area contributed by atoms with Gasteiger partial charge in [0.15, 0.2) is 0 Å². The van der Waals surface area contributed by atoms with Crippen molar-refractivity contribution in [3.8, 4) is 5.75 Å². The van der Waals surface area contributed by atoms with E-state index in [4.69, 9.17) is 4.74 Å².